The molecule has 0 saturated heterocycles. The van der Waals surface area contributed by atoms with Gasteiger partial charge in [-0.3, -0.25) is 4.79 Å². The number of hydrogen-bond donors (Lipinski definition) is 2. The standard InChI is InChI=1S/C13H19ClN2O2/c1-3-16(2)13(18)9-15-8-12(17)10-4-6-11(14)7-5-10/h4-7,12,15,17H,3,8-9H2,1-2H3. The van der Waals surface area contributed by atoms with Gasteiger partial charge in [0.15, 0.2) is 0 Å². The molecular formula is C13H19ClN2O2. The van der Waals surface area contributed by atoms with E-state index in [0.29, 0.717) is 18.1 Å². The van der Waals surface area contributed by atoms with Gasteiger partial charge in [0.25, 0.3) is 0 Å². The lowest BCUT2D eigenvalue weighted by molar-refractivity contribution is -0.128. The first-order chi connectivity index (χ1) is 8.54. The third-order valence-electron chi connectivity index (χ3n) is 2.77. The van der Waals surface area contributed by atoms with Crippen LogP contribution in [0.5, 0.6) is 0 Å². The number of likely N-dealkylation sites (N-methyl/N-ethyl adjacent to an activating group) is 1. The summed E-state index contributed by atoms with van der Waals surface area (Å²) in [6.45, 7) is 3.17. The summed E-state index contributed by atoms with van der Waals surface area (Å²) < 4.78 is 0. The minimum Gasteiger partial charge on any atom is -0.387 e. The van der Waals surface area contributed by atoms with Gasteiger partial charge in [0, 0.05) is 25.2 Å². The predicted molar refractivity (Wildman–Crippen MR) is 72.6 cm³/mol. The summed E-state index contributed by atoms with van der Waals surface area (Å²) >= 11 is 5.77. The van der Waals surface area contributed by atoms with Gasteiger partial charge in [-0.1, -0.05) is 23.7 Å². The zero-order valence-corrected chi connectivity index (χ0v) is 11.4. The number of hydrogen-bond acceptors (Lipinski definition) is 3. The van der Waals surface area contributed by atoms with Gasteiger partial charge in [0.05, 0.1) is 12.6 Å². The number of rotatable bonds is 6. The molecule has 18 heavy (non-hydrogen) atoms. The molecular weight excluding hydrogens is 252 g/mol. The van der Waals surface area contributed by atoms with Crippen LogP contribution in [0.1, 0.15) is 18.6 Å². The number of halogens is 1. The first kappa shape index (κ1) is 15.0. The Kier molecular flexibility index (Phi) is 6.12. The van der Waals surface area contributed by atoms with E-state index < -0.39 is 6.10 Å². The maximum atomic E-state index is 11.5. The number of nitrogens with zero attached hydrogens (tertiary/aromatic N) is 1. The molecule has 0 saturated carbocycles. The molecule has 5 heteroatoms. The lowest BCUT2D eigenvalue weighted by atomic mass is 10.1. The molecule has 1 unspecified atom stereocenters. The minimum atomic E-state index is -0.637. The Hall–Kier alpha value is -1.10. The van der Waals surface area contributed by atoms with E-state index in [1.807, 2.05) is 6.92 Å². The summed E-state index contributed by atoms with van der Waals surface area (Å²) in [6, 6.07) is 7.01. The molecule has 1 amide bonds. The Morgan fingerprint density at radius 1 is 1.44 bits per heavy atom. The molecule has 0 aliphatic carbocycles. The Morgan fingerprint density at radius 2 is 2.06 bits per heavy atom. The second-order valence-electron chi connectivity index (χ2n) is 4.11. The molecule has 0 heterocycles. The van der Waals surface area contributed by atoms with Crippen molar-refractivity contribution in [1.82, 2.24) is 10.2 Å². The monoisotopic (exact) mass is 270 g/mol. The molecule has 0 bridgehead atoms. The lowest BCUT2D eigenvalue weighted by Crippen LogP contribution is -2.36. The van der Waals surface area contributed by atoms with Gasteiger partial charge >= 0.3 is 0 Å². The highest BCUT2D eigenvalue weighted by atomic mass is 35.5. The van der Waals surface area contributed by atoms with Crippen LogP contribution in [-0.4, -0.2) is 42.6 Å². The SMILES string of the molecule is CCN(C)C(=O)CNCC(O)c1ccc(Cl)cc1. The summed E-state index contributed by atoms with van der Waals surface area (Å²) in [5, 5.41) is 13.5. The van der Waals surface area contributed by atoms with Gasteiger partial charge in [0.2, 0.25) is 5.91 Å². The fourth-order valence-electron chi connectivity index (χ4n) is 1.43. The van der Waals surface area contributed by atoms with Crippen LogP contribution in [0.15, 0.2) is 24.3 Å². The molecule has 1 aromatic carbocycles. The summed E-state index contributed by atoms with van der Waals surface area (Å²) in [5.74, 6) is 0.0146. The van der Waals surface area contributed by atoms with E-state index >= 15 is 0 Å². The van der Waals surface area contributed by atoms with Crippen molar-refractivity contribution >= 4 is 17.5 Å². The Morgan fingerprint density at radius 3 is 2.61 bits per heavy atom. The van der Waals surface area contributed by atoms with Crippen LogP contribution in [0.25, 0.3) is 0 Å². The first-order valence-electron chi connectivity index (χ1n) is 5.92. The Bertz CT molecular complexity index is 381. The highest BCUT2D eigenvalue weighted by Gasteiger charge is 2.09. The van der Waals surface area contributed by atoms with E-state index in [-0.39, 0.29) is 12.5 Å². The highest BCUT2D eigenvalue weighted by molar-refractivity contribution is 6.30. The van der Waals surface area contributed by atoms with Crippen molar-refractivity contribution in [2.24, 2.45) is 0 Å². The number of aliphatic hydroxyl groups is 1. The molecule has 0 radical (unpaired) electrons. The zero-order valence-electron chi connectivity index (χ0n) is 10.7. The van der Waals surface area contributed by atoms with Crippen LogP contribution in [0.2, 0.25) is 5.02 Å². The number of nitrogens with one attached hydrogen (secondary N) is 1. The Balaban J connectivity index is 2.35. The third kappa shape index (κ3) is 4.64. The fourth-order valence-corrected chi connectivity index (χ4v) is 1.56. The van der Waals surface area contributed by atoms with Crippen molar-refractivity contribution in [3.05, 3.63) is 34.9 Å². The maximum absolute atomic E-state index is 11.5. The fraction of sp³-hybridized carbons (Fsp3) is 0.462. The molecule has 1 atom stereocenters. The second-order valence-corrected chi connectivity index (χ2v) is 4.54. The maximum Gasteiger partial charge on any atom is 0.236 e. The molecule has 4 nitrogen and oxygen atoms in total. The van der Waals surface area contributed by atoms with Crippen molar-refractivity contribution in [2.75, 3.05) is 26.7 Å². The van der Waals surface area contributed by atoms with Crippen molar-refractivity contribution in [2.45, 2.75) is 13.0 Å². The van der Waals surface area contributed by atoms with Gasteiger partial charge in [-0.05, 0) is 24.6 Å². The lowest BCUT2D eigenvalue weighted by Gasteiger charge is -2.16. The largest absolute Gasteiger partial charge is 0.387 e. The van der Waals surface area contributed by atoms with E-state index in [9.17, 15) is 9.90 Å². The van der Waals surface area contributed by atoms with Crippen LogP contribution in [0.4, 0.5) is 0 Å². The number of carbonyl (C=O) groups is 1. The van der Waals surface area contributed by atoms with Crippen LogP contribution < -0.4 is 5.32 Å². The van der Waals surface area contributed by atoms with Gasteiger partial charge < -0.3 is 15.3 Å². The second kappa shape index (κ2) is 7.36. The van der Waals surface area contributed by atoms with E-state index in [2.05, 4.69) is 5.32 Å². The topological polar surface area (TPSA) is 52.6 Å². The summed E-state index contributed by atoms with van der Waals surface area (Å²) in [7, 11) is 1.75. The van der Waals surface area contributed by atoms with Gasteiger partial charge in [0.1, 0.15) is 0 Å². The zero-order chi connectivity index (χ0) is 13.5. The smallest absolute Gasteiger partial charge is 0.236 e. The van der Waals surface area contributed by atoms with Gasteiger partial charge in [-0.2, -0.15) is 0 Å². The van der Waals surface area contributed by atoms with E-state index in [4.69, 9.17) is 11.6 Å². The number of carbonyl (C=O) groups excluding carboxylic acids is 1. The number of aliphatic hydroxyl groups excluding tert-OH is 1. The molecule has 0 aliphatic rings. The summed E-state index contributed by atoms with van der Waals surface area (Å²) in [6.07, 6.45) is -0.637. The molecule has 0 spiro atoms. The highest BCUT2D eigenvalue weighted by Crippen LogP contribution is 2.15. The van der Waals surface area contributed by atoms with E-state index in [1.165, 1.54) is 0 Å². The number of amides is 1. The van der Waals surface area contributed by atoms with Gasteiger partial charge in [-0.25, -0.2) is 0 Å². The van der Waals surface area contributed by atoms with Gasteiger partial charge in [-0.15, -0.1) is 0 Å². The molecule has 2 N–H and O–H groups in total. The predicted octanol–water partition coefficient (Wildman–Crippen LogP) is 1.44. The molecule has 0 aromatic heterocycles. The molecule has 0 fully saturated rings. The van der Waals surface area contributed by atoms with Crippen LogP contribution >= 0.6 is 11.6 Å². The van der Waals surface area contributed by atoms with Crippen LogP contribution in [-0.2, 0) is 4.79 Å². The van der Waals surface area contributed by atoms with Crippen molar-refractivity contribution < 1.29 is 9.90 Å². The van der Waals surface area contributed by atoms with Crippen LogP contribution in [0.3, 0.4) is 0 Å². The van der Waals surface area contributed by atoms with Crippen molar-refractivity contribution in [3.8, 4) is 0 Å². The summed E-state index contributed by atoms with van der Waals surface area (Å²) in [5.41, 5.74) is 0.781. The normalized spacial score (nSPS) is 12.2. The quantitative estimate of drug-likeness (QED) is 0.823. The number of benzene rings is 1. The average Bonchev–Trinajstić information content (AvgIpc) is 2.38. The van der Waals surface area contributed by atoms with Crippen molar-refractivity contribution in [3.63, 3.8) is 0 Å². The average molecular weight is 271 g/mol. The van der Waals surface area contributed by atoms with E-state index in [0.717, 1.165) is 5.56 Å². The molecule has 100 valence electrons. The molecule has 1 aromatic rings. The van der Waals surface area contributed by atoms with Crippen LogP contribution in [0, 0.1) is 0 Å². The molecule has 1 rings (SSSR count). The minimum absolute atomic E-state index is 0.0146. The Labute approximate surface area is 113 Å². The first-order valence-corrected chi connectivity index (χ1v) is 6.30. The molecule has 0 aliphatic heterocycles. The third-order valence-corrected chi connectivity index (χ3v) is 3.02. The van der Waals surface area contributed by atoms with E-state index in [1.54, 1.807) is 36.2 Å². The van der Waals surface area contributed by atoms with Crippen molar-refractivity contribution in [1.29, 1.82) is 0 Å². The summed E-state index contributed by atoms with van der Waals surface area (Å²) in [4.78, 5) is 13.1.